The summed E-state index contributed by atoms with van der Waals surface area (Å²) in [6, 6.07) is 8.01. The second-order valence-corrected chi connectivity index (χ2v) is 6.79. The summed E-state index contributed by atoms with van der Waals surface area (Å²) in [7, 11) is 0. The Kier molecular flexibility index (Phi) is 4.31. The molecular formula is C19H23N3O3. The smallest absolute Gasteiger partial charge is 0.151 e. The first-order valence-electron chi connectivity index (χ1n) is 8.74. The Morgan fingerprint density at radius 2 is 2.04 bits per heavy atom. The number of phenolic OH excluding ortho intramolecular Hbond substituents is 1. The maximum absolute atomic E-state index is 10.3. The van der Waals surface area contributed by atoms with Crippen LogP contribution in [0.25, 0.3) is 11.3 Å². The van der Waals surface area contributed by atoms with Crippen LogP contribution in [0, 0.1) is 13.8 Å². The molecule has 2 aliphatic heterocycles. The van der Waals surface area contributed by atoms with Gasteiger partial charge in [-0.05, 0) is 49.6 Å². The van der Waals surface area contributed by atoms with Gasteiger partial charge in [-0.1, -0.05) is 6.07 Å². The minimum absolute atomic E-state index is 0.104. The molecule has 4 rings (SSSR count). The highest BCUT2D eigenvalue weighted by molar-refractivity contribution is 5.71. The molecule has 2 atom stereocenters. The van der Waals surface area contributed by atoms with Crippen molar-refractivity contribution in [3.63, 3.8) is 0 Å². The van der Waals surface area contributed by atoms with Crippen LogP contribution in [-0.2, 0) is 9.47 Å². The number of morpholine rings is 1. The van der Waals surface area contributed by atoms with Gasteiger partial charge in [-0.15, -0.1) is 10.2 Å². The summed E-state index contributed by atoms with van der Waals surface area (Å²) in [4.78, 5) is 2.27. The highest BCUT2D eigenvalue weighted by Gasteiger charge is 2.35. The number of ether oxygens (including phenoxy) is 2. The molecule has 1 aromatic heterocycles. The van der Waals surface area contributed by atoms with E-state index in [2.05, 4.69) is 15.1 Å². The van der Waals surface area contributed by atoms with E-state index >= 15 is 0 Å². The van der Waals surface area contributed by atoms with Crippen LogP contribution in [0.2, 0.25) is 0 Å². The molecule has 1 N–H and O–H groups in total. The largest absolute Gasteiger partial charge is 0.507 e. The van der Waals surface area contributed by atoms with Gasteiger partial charge < -0.3 is 19.5 Å². The molecule has 2 aliphatic rings. The van der Waals surface area contributed by atoms with Gasteiger partial charge in [0.1, 0.15) is 11.9 Å². The van der Waals surface area contributed by atoms with Gasteiger partial charge >= 0.3 is 0 Å². The first kappa shape index (κ1) is 16.3. The number of aromatic nitrogens is 2. The number of nitrogens with zero attached hydrogens (tertiary/aromatic N) is 3. The molecule has 0 radical (unpaired) electrons. The number of anilines is 1. The summed E-state index contributed by atoms with van der Waals surface area (Å²) in [5.41, 5.74) is 3.46. The van der Waals surface area contributed by atoms with Gasteiger partial charge in [0, 0.05) is 18.7 Å². The zero-order valence-electron chi connectivity index (χ0n) is 14.6. The molecule has 3 heterocycles. The first-order chi connectivity index (χ1) is 12.1. The second kappa shape index (κ2) is 6.61. The number of hydrogen-bond acceptors (Lipinski definition) is 6. The summed E-state index contributed by atoms with van der Waals surface area (Å²) in [5.74, 6) is 1.10. The van der Waals surface area contributed by atoms with Crippen molar-refractivity contribution in [2.45, 2.75) is 32.4 Å². The minimum atomic E-state index is 0.104. The van der Waals surface area contributed by atoms with Crippen molar-refractivity contribution in [2.24, 2.45) is 0 Å². The predicted octanol–water partition coefficient (Wildman–Crippen LogP) is 2.46. The monoisotopic (exact) mass is 341 g/mol. The van der Waals surface area contributed by atoms with E-state index in [4.69, 9.17) is 9.47 Å². The Bertz CT molecular complexity index is 738. The van der Waals surface area contributed by atoms with Crippen molar-refractivity contribution in [3.8, 4) is 17.0 Å². The van der Waals surface area contributed by atoms with Crippen molar-refractivity contribution in [2.75, 3.05) is 31.3 Å². The van der Waals surface area contributed by atoms with E-state index < -0.39 is 0 Å². The average Bonchev–Trinajstić information content (AvgIpc) is 2.61. The van der Waals surface area contributed by atoms with E-state index in [1.54, 1.807) is 6.07 Å². The summed E-state index contributed by atoms with van der Waals surface area (Å²) >= 11 is 0. The van der Waals surface area contributed by atoms with Gasteiger partial charge in [0.15, 0.2) is 5.82 Å². The number of benzene rings is 1. The lowest BCUT2D eigenvalue weighted by Gasteiger charge is -2.43. The van der Waals surface area contributed by atoms with E-state index in [0.717, 1.165) is 42.1 Å². The molecule has 25 heavy (non-hydrogen) atoms. The average molecular weight is 341 g/mol. The Hall–Kier alpha value is -2.18. The van der Waals surface area contributed by atoms with Gasteiger partial charge in [-0.2, -0.15) is 0 Å². The number of rotatable bonds is 2. The van der Waals surface area contributed by atoms with Crippen LogP contribution in [0.4, 0.5) is 5.82 Å². The third-order valence-electron chi connectivity index (χ3n) is 4.99. The molecule has 0 amide bonds. The quantitative estimate of drug-likeness (QED) is 0.905. The molecule has 1 aromatic carbocycles. The number of phenols is 1. The summed E-state index contributed by atoms with van der Waals surface area (Å²) in [6.45, 7) is 6.82. The molecule has 2 aromatic rings. The molecule has 2 fully saturated rings. The van der Waals surface area contributed by atoms with Crippen LogP contribution in [0.15, 0.2) is 24.3 Å². The Labute approximate surface area is 147 Å². The second-order valence-electron chi connectivity index (χ2n) is 6.79. The van der Waals surface area contributed by atoms with E-state index in [0.29, 0.717) is 18.9 Å². The standard InChI is InChI=1S/C19H23N3O3/c1-12-9-13(2)19(16(23)10-12)14-3-4-18(21-20-14)22-6-8-25-17-11-24-7-5-15(17)22/h3-4,9-10,15,17,23H,5-8,11H2,1-2H3/t15-,17+/m0/s1. The molecule has 0 bridgehead atoms. The fourth-order valence-electron chi connectivity index (χ4n) is 3.86. The van der Waals surface area contributed by atoms with E-state index in [-0.39, 0.29) is 17.9 Å². The van der Waals surface area contributed by atoms with Gasteiger partial charge in [0.2, 0.25) is 0 Å². The lowest BCUT2D eigenvalue weighted by Crippen LogP contribution is -2.56. The maximum atomic E-state index is 10.3. The number of aromatic hydroxyl groups is 1. The topological polar surface area (TPSA) is 67.7 Å². The van der Waals surface area contributed by atoms with E-state index in [9.17, 15) is 5.11 Å². The number of aryl methyl sites for hydroxylation is 2. The molecule has 132 valence electrons. The van der Waals surface area contributed by atoms with Gasteiger partial charge in [-0.3, -0.25) is 0 Å². The van der Waals surface area contributed by atoms with Gasteiger partial charge in [0.25, 0.3) is 0 Å². The van der Waals surface area contributed by atoms with Crippen LogP contribution < -0.4 is 4.90 Å². The van der Waals surface area contributed by atoms with Gasteiger partial charge in [-0.25, -0.2) is 0 Å². The Balaban J connectivity index is 1.62. The van der Waals surface area contributed by atoms with Crippen LogP contribution in [0.1, 0.15) is 17.5 Å². The number of fused-ring (bicyclic) bond motifs is 1. The van der Waals surface area contributed by atoms with Crippen LogP contribution in [-0.4, -0.2) is 53.8 Å². The zero-order valence-corrected chi connectivity index (χ0v) is 14.6. The molecule has 0 unspecified atom stereocenters. The van der Waals surface area contributed by atoms with Crippen LogP contribution in [0.3, 0.4) is 0 Å². The van der Waals surface area contributed by atoms with Crippen LogP contribution >= 0.6 is 0 Å². The SMILES string of the molecule is Cc1cc(C)c(-c2ccc(N3CCO[C@@H]4COCC[C@@H]43)nn2)c(O)c1. The highest BCUT2D eigenvalue weighted by Crippen LogP contribution is 2.33. The number of hydrogen-bond donors (Lipinski definition) is 1. The van der Waals surface area contributed by atoms with Gasteiger partial charge in [0.05, 0.1) is 24.9 Å². The highest BCUT2D eigenvalue weighted by atomic mass is 16.5. The minimum Gasteiger partial charge on any atom is -0.507 e. The third kappa shape index (κ3) is 3.07. The fourth-order valence-corrected chi connectivity index (χ4v) is 3.86. The summed E-state index contributed by atoms with van der Waals surface area (Å²) < 4.78 is 11.3. The normalized spacial score (nSPS) is 23.4. The summed E-state index contributed by atoms with van der Waals surface area (Å²) in [6.07, 6.45) is 1.04. The summed E-state index contributed by atoms with van der Waals surface area (Å²) in [5, 5.41) is 19.1. The van der Waals surface area contributed by atoms with Crippen molar-refractivity contribution < 1.29 is 14.6 Å². The first-order valence-corrected chi connectivity index (χ1v) is 8.74. The van der Waals surface area contributed by atoms with E-state index in [1.165, 1.54) is 0 Å². The lowest BCUT2D eigenvalue weighted by atomic mass is 10.0. The van der Waals surface area contributed by atoms with Crippen molar-refractivity contribution in [1.82, 2.24) is 10.2 Å². The fraction of sp³-hybridized carbons (Fsp3) is 0.474. The molecule has 0 saturated carbocycles. The molecular weight excluding hydrogens is 318 g/mol. The van der Waals surface area contributed by atoms with E-state index in [1.807, 2.05) is 32.0 Å². The molecule has 0 aliphatic carbocycles. The third-order valence-corrected chi connectivity index (χ3v) is 4.99. The van der Waals surface area contributed by atoms with Crippen LogP contribution in [0.5, 0.6) is 5.75 Å². The predicted molar refractivity (Wildman–Crippen MR) is 94.9 cm³/mol. The zero-order chi connectivity index (χ0) is 17.4. The molecule has 0 spiro atoms. The maximum Gasteiger partial charge on any atom is 0.151 e. The Morgan fingerprint density at radius 1 is 1.16 bits per heavy atom. The lowest BCUT2D eigenvalue weighted by molar-refractivity contribution is -0.0778. The Morgan fingerprint density at radius 3 is 2.80 bits per heavy atom. The molecule has 6 heteroatoms. The van der Waals surface area contributed by atoms with Crippen molar-refractivity contribution in [3.05, 3.63) is 35.4 Å². The van der Waals surface area contributed by atoms with Crippen molar-refractivity contribution >= 4 is 5.82 Å². The molecule has 2 saturated heterocycles. The van der Waals surface area contributed by atoms with Crippen molar-refractivity contribution in [1.29, 1.82) is 0 Å². The molecule has 6 nitrogen and oxygen atoms in total.